The molecule has 10 heteroatoms. The van der Waals surface area contributed by atoms with E-state index in [1.807, 2.05) is 6.92 Å². The summed E-state index contributed by atoms with van der Waals surface area (Å²) in [7, 11) is -4.23. The van der Waals surface area contributed by atoms with Crippen molar-refractivity contribution in [2.24, 2.45) is 0 Å². The van der Waals surface area contributed by atoms with Crippen LogP contribution in [0.25, 0.3) is 0 Å². The highest BCUT2D eigenvalue weighted by Gasteiger charge is 2.34. The van der Waals surface area contributed by atoms with Gasteiger partial charge in [-0.25, -0.2) is 8.42 Å². The van der Waals surface area contributed by atoms with Crippen molar-refractivity contribution in [1.82, 2.24) is 0 Å². The zero-order valence-electron chi connectivity index (χ0n) is 17.7. The van der Waals surface area contributed by atoms with Gasteiger partial charge in [-0.3, -0.25) is 9.10 Å². The third-order valence-electron chi connectivity index (χ3n) is 4.97. The summed E-state index contributed by atoms with van der Waals surface area (Å²) in [5.41, 5.74) is 0.403. The molecule has 0 heterocycles. The van der Waals surface area contributed by atoms with Crippen molar-refractivity contribution in [2.75, 3.05) is 16.2 Å². The van der Waals surface area contributed by atoms with E-state index < -0.39 is 39.9 Å². The molecule has 0 radical (unpaired) electrons. The van der Waals surface area contributed by atoms with E-state index in [-0.39, 0.29) is 10.6 Å². The average molecular weight is 497 g/mol. The maximum atomic E-state index is 13.4. The largest absolute Gasteiger partial charge is 0.418 e. The third kappa shape index (κ3) is 5.66. The Hall–Kier alpha value is -3.04. The van der Waals surface area contributed by atoms with E-state index in [2.05, 4.69) is 5.32 Å². The molecule has 3 aromatic carbocycles. The summed E-state index contributed by atoms with van der Waals surface area (Å²) in [4.78, 5) is 12.6. The van der Waals surface area contributed by atoms with Gasteiger partial charge in [0, 0.05) is 5.02 Å². The van der Waals surface area contributed by atoms with E-state index >= 15 is 0 Å². The predicted molar refractivity (Wildman–Crippen MR) is 122 cm³/mol. The molecule has 174 valence electrons. The van der Waals surface area contributed by atoms with Gasteiger partial charge in [-0.2, -0.15) is 13.2 Å². The molecule has 1 N–H and O–H groups in total. The zero-order valence-corrected chi connectivity index (χ0v) is 19.2. The Kier molecular flexibility index (Phi) is 7.04. The number of hydrogen-bond acceptors (Lipinski definition) is 3. The number of benzene rings is 3. The molecule has 3 rings (SSSR count). The van der Waals surface area contributed by atoms with Crippen LogP contribution < -0.4 is 9.62 Å². The number of alkyl halides is 3. The molecule has 0 aliphatic rings. The number of aryl methyl sites for hydroxylation is 2. The molecular formula is C23H20ClF3N2O3S. The van der Waals surface area contributed by atoms with Gasteiger partial charge in [-0.1, -0.05) is 29.8 Å². The van der Waals surface area contributed by atoms with Crippen LogP contribution in [0.3, 0.4) is 0 Å². The monoisotopic (exact) mass is 496 g/mol. The molecule has 1 amide bonds. The number of hydrogen-bond donors (Lipinski definition) is 1. The van der Waals surface area contributed by atoms with Crippen molar-refractivity contribution in [3.63, 3.8) is 0 Å². The van der Waals surface area contributed by atoms with Crippen LogP contribution in [0.2, 0.25) is 5.02 Å². The molecule has 3 aromatic rings. The smallest absolute Gasteiger partial charge is 0.324 e. The second-order valence-corrected chi connectivity index (χ2v) is 9.62. The first-order chi connectivity index (χ1) is 15.4. The van der Waals surface area contributed by atoms with E-state index in [0.717, 1.165) is 27.6 Å². The second-order valence-electron chi connectivity index (χ2n) is 7.33. The Balaban J connectivity index is 2.00. The van der Waals surface area contributed by atoms with Crippen LogP contribution in [0.1, 0.15) is 16.7 Å². The SMILES string of the molecule is Cc1ccc(N(CC(=O)Nc2ccccc2C(F)(F)F)S(=O)(=O)c2ccc(Cl)cc2)cc1C. The predicted octanol–water partition coefficient (Wildman–Crippen LogP) is 5.81. The van der Waals surface area contributed by atoms with Crippen LogP contribution >= 0.6 is 11.6 Å². The lowest BCUT2D eigenvalue weighted by molar-refractivity contribution is -0.137. The molecule has 0 fully saturated rings. The molecular weight excluding hydrogens is 477 g/mol. The number of nitrogens with one attached hydrogen (secondary N) is 1. The van der Waals surface area contributed by atoms with Crippen LogP contribution in [0, 0.1) is 13.8 Å². The van der Waals surface area contributed by atoms with E-state index in [9.17, 15) is 26.4 Å². The number of para-hydroxylation sites is 1. The van der Waals surface area contributed by atoms with Crippen molar-refractivity contribution in [2.45, 2.75) is 24.9 Å². The van der Waals surface area contributed by atoms with Crippen LogP contribution in [0.15, 0.2) is 71.6 Å². The number of rotatable bonds is 6. The van der Waals surface area contributed by atoms with Gasteiger partial charge < -0.3 is 5.32 Å². The highest BCUT2D eigenvalue weighted by molar-refractivity contribution is 7.92. The van der Waals surface area contributed by atoms with Gasteiger partial charge in [0.25, 0.3) is 10.0 Å². The van der Waals surface area contributed by atoms with Crippen LogP contribution in [0.5, 0.6) is 0 Å². The van der Waals surface area contributed by atoms with Crippen molar-refractivity contribution in [3.05, 3.63) is 88.4 Å². The second kappa shape index (κ2) is 9.44. The quantitative estimate of drug-likeness (QED) is 0.468. The molecule has 5 nitrogen and oxygen atoms in total. The number of carbonyl (C=O) groups excluding carboxylic acids is 1. The molecule has 0 unspecified atom stereocenters. The standard InChI is InChI=1S/C23H20ClF3N2O3S/c1-15-7-10-18(13-16(15)2)29(33(31,32)19-11-8-17(24)9-12-19)14-22(30)28-21-6-4-3-5-20(21)23(25,26)27/h3-13H,14H2,1-2H3,(H,28,30). The summed E-state index contributed by atoms with van der Waals surface area (Å²) in [6.45, 7) is 2.89. The van der Waals surface area contributed by atoms with Gasteiger partial charge in [0.15, 0.2) is 0 Å². The van der Waals surface area contributed by atoms with Crippen molar-refractivity contribution >= 4 is 38.9 Å². The van der Waals surface area contributed by atoms with Crippen LogP contribution in [-0.4, -0.2) is 20.9 Å². The van der Waals surface area contributed by atoms with Crippen molar-refractivity contribution in [1.29, 1.82) is 0 Å². The Morgan fingerprint density at radius 1 is 0.970 bits per heavy atom. The minimum Gasteiger partial charge on any atom is -0.324 e. The fourth-order valence-corrected chi connectivity index (χ4v) is 4.63. The molecule has 33 heavy (non-hydrogen) atoms. The van der Waals surface area contributed by atoms with Crippen molar-refractivity contribution < 1.29 is 26.4 Å². The van der Waals surface area contributed by atoms with Gasteiger partial charge >= 0.3 is 6.18 Å². The first kappa shape index (κ1) is 24.6. The molecule has 0 bridgehead atoms. The van der Waals surface area contributed by atoms with Gasteiger partial charge in [-0.15, -0.1) is 0 Å². The lowest BCUT2D eigenvalue weighted by Gasteiger charge is -2.25. The van der Waals surface area contributed by atoms with Crippen LogP contribution in [-0.2, 0) is 21.0 Å². The number of nitrogens with zero attached hydrogens (tertiary/aromatic N) is 1. The number of anilines is 2. The minimum absolute atomic E-state index is 0.117. The molecule has 0 atom stereocenters. The first-order valence-corrected chi connectivity index (χ1v) is 11.5. The van der Waals surface area contributed by atoms with Gasteiger partial charge in [0.05, 0.1) is 21.8 Å². The lowest BCUT2D eigenvalue weighted by Crippen LogP contribution is -2.38. The molecule has 0 aromatic heterocycles. The zero-order chi connectivity index (χ0) is 24.4. The maximum Gasteiger partial charge on any atom is 0.418 e. The summed E-state index contributed by atoms with van der Waals surface area (Å²) in [5, 5.41) is 2.52. The van der Waals surface area contributed by atoms with Gasteiger partial charge in [0.2, 0.25) is 5.91 Å². The molecule has 0 aliphatic heterocycles. The lowest BCUT2D eigenvalue weighted by atomic mass is 10.1. The summed E-state index contributed by atoms with van der Waals surface area (Å²) in [5.74, 6) is -0.928. The minimum atomic E-state index is -4.69. The normalized spacial score (nSPS) is 11.8. The summed E-state index contributed by atoms with van der Waals surface area (Å²) in [6.07, 6.45) is -4.69. The van der Waals surface area contributed by atoms with Gasteiger partial charge in [0.1, 0.15) is 6.54 Å². The van der Waals surface area contributed by atoms with E-state index in [4.69, 9.17) is 11.6 Å². The summed E-state index contributed by atoms with van der Waals surface area (Å²) in [6, 6.07) is 14.7. The number of amides is 1. The maximum absolute atomic E-state index is 13.4. The molecule has 0 spiro atoms. The Bertz CT molecular complexity index is 1280. The third-order valence-corrected chi connectivity index (χ3v) is 7.01. The Morgan fingerprint density at radius 2 is 1.61 bits per heavy atom. The first-order valence-electron chi connectivity index (χ1n) is 9.71. The topological polar surface area (TPSA) is 66.5 Å². The Labute approximate surface area is 194 Å². The molecule has 0 aliphatic carbocycles. The van der Waals surface area contributed by atoms with Gasteiger partial charge in [-0.05, 0) is 73.5 Å². The summed E-state index contributed by atoms with van der Waals surface area (Å²) < 4.78 is 67.5. The highest BCUT2D eigenvalue weighted by Crippen LogP contribution is 2.34. The summed E-state index contributed by atoms with van der Waals surface area (Å²) >= 11 is 5.86. The molecule has 0 saturated heterocycles. The highest BCUT2D eigenvalue weighted by atomic mass is 35.5. The number of carbonyl (C=O) groups is 1. The van der Waals surface area contributed by atoms with E-state index in [1.165, 1.54) is 42.5 Å². The number of sulfonamides is 1. The average Bonchev–Trinajstić information content (AvgIpc) is 2.74. The fraction of sp³-hybridized carbons (Fsp3) is 0.174. The van der Waals surface area contributed by atoms with Crippen molar-refractivity contribution in [3.8, 4) is 0 Å². The Morgan fingerprint density at radius 3 is 2.21 bits per heavy atom. The molecule has 0 saturated carbocycles. The fourth-order valence-electron chi connectivity index (χ4n) is 3.09. The van der Waals surface area contributed by atoms with E-state index in [0.29, 0.717) is 5.02 Å². The van der Waals surface area contributed by atoms with Crippen LogP contribution in [0.4, 0.5) is 24.5 Å². The number of halogens is 4. The van der Waals surface area contributed by atoms with E-state index in [1.54, 1.807) is 19.1 Å².